The van der Waals surface area contributed by atoms with Crippen LogP contribution < -0.4 is 10.6 Å². The highest BCUT2D eigenvalue weighted by Gasteiger charge is 2.24. The van der Waals surface area contributed by atoms with Crippen molar-refractivity contribution in [3.63, 3.8) is 0 Å². The van der Waals surface area contributed by atoms with Gasteiger partial charge in [0, 0.05) is 37.9 Å². The number of nitrogens with zero attached hydrogens (tertiary/aromatic N) is 2. The third-order valence-electron chi connectivity index (χ3n) is 3.16. The van der Waals surface area contributed by atoms with E-state index in [1.54, 1.807) is 13.2 Å². The van der Waals surface area contributed by atoms with Gasteiger partial charge in [0.25, 0.3) is 0 Å². The third kappa shape index (κ3) is 3.70. The number of aromatic nitrogens is 2. The monoisotopic (exact) mass is 282 g/mol. The van der Waals surface area contributed by atoms with Gasteiger partial charge in [0.1, 0.15) is 0 Å². The number of carbonyl (C=O) groups excluding carboxylic acids is 1. The number of nitrogens with one attached hydrogen (secondary N) is 2. The van der Waals surface area contributed by atoms with Crippen LogP contribution in [-0.2, 0) is 16.6 Å². The molecule has 1 fully saturated rings. The number of rotatable bonds is 5. The molecule has 1 aromatic heterocycles. The second kappa shape index (κ2) is 6.38. The molecule has 1 aromatic rings. The van der Waals surface area contributed by atoms with Crippen molar-refractivity contribution in [2.24, 2.45) is 13.0 Å². The molecule has 1 saturated heterocycles. The quantitative estimate of drug-likeness (QED) is 0.698. The number of carboxylic acids is 1. The van der Waals surface area contributed by atoms with Crippen molar-refractivity contribution in [2.75, 3.05) is 19.8 Å². The molecule has 1 aliphatic rings. The Hall–Kier alpha value is -2.09. The molecule has 0 radical (unpaired) electrons. The molecule has 2 heterocycles. The summed E-state index contributed by atoms with van der Waals surface area (Å²) in [5, 5.41) is 18.2. The second-order valence-electron chi connectivity index (χ2n) is 4.80. The molecule has 0 saturated carbocycles. The molecule has 2 rings (SSSR count). The number of aliphatic carboxylic acids is 1. The summed E-state index contributed by atoms with van der Waals surface area (Å²) < 4.78 is 6.69. The zero-order chi connectivity index (χ0) is 14.5. The van der Waals surface area contributed by atoms with Crippen LogP contribution in [0.1, 0.15) is 18.0 Å². The number of hydrogen-bond donors (Lipinski definition) is 3. The van der Waals surface area contributed by atoms with Crippen LogP contribution in [0.15, 0.2) is 12.4 Å². The van der Waals surface area contributed by atoms with Crippen LogP contribution in [0.3, 0.4) is 0 Å². The molecule has 3 N–H and O–H groups in total. The van der Waals surface area contributed by atoms with Gasteiger partial charge in [-0.1, -0.05) is 0 Å². The van der Waals surface area contributed by atoms with E-state index in [4.69, 9.17) is 9.84 Å². The molecule has 0 bridgehead atoms. The number of carbonyl (C=O) groups is 2. The minimum atomic E-state index is -1.13. The van der Waals surface area contributed by atoms with Crippen LogP contribution >= 0.6 is 0 Å². The van der Waals surface area contributed by atoms with Gasteiger partial charge in [-0.15, -0.1) is 0 Å². The molecule has 8 nitrogen and oxygen atoms in total. The van der Waals surface area contributed by atoms with Crippen LogP contribution in [0.2, 0.25) is 0 Å². The average Bonchev–Trinajstić information content (AvgIpc) is 3.04. The van der Waals surface area contributed by atoms with Crippen LogP contribution in [-0.4, -0.2) is 46.6 Å². The Morgan fingerprint density at radius 3 is 3.00 bits per heavy atom. The maximum absolute atomic E-state index is 11.7. The zero-order valence-corrected chi connectivity index (χ0v) is 11.2. The molecule has 0 aliphatic carbocycles. The Bertz CT molecular complexity index is 482. The minimum absolute atomic E-state index is 0.294. The first-order valence-corrected chi connectivity index (χ1v) is 6.39. The molecular weight excluding hydrogens is 264 g/mol. The van der Waals surface area contributed by atoms with E-state index >= 15 is 0 Å². The van der Waals surface area contributed by atoms with E-state index in [0.717, 1.165) is 6.42 Å². The fourth-order valence-corrected chi connectivity index (χ4v) is 2.04. The van der Waals surface area contributed by atoms with Gasteiger partial charge in [0.2, 0.25) is 0 Å². The van der Waals surface area contributed by atoms with Crippen molar-refractivity contribution in [1.82, 2.24) is 20.4 Å². The Balaban J connectivity index is 1.87. The second-order valence-corrected chi connectivity index (χ2v) is 4.80. The Morgan fingerprint density at radius 2 is 2.45 bits per heavy atom. The Labute approximate surface area is 116 Å². The van der Waals surface area contributed by atoms with Crippen molar-refractivity contribution in [1.29, 1.82) is 0 Å². The predicted octanol–water partition coefficient (Wildman–Crippen LogP) is -0.118. The lowest BCUT2D eigenvalue weighted by Crippen LogP contribution is -2.42. The number of hydrogen-bond acceptors (Lipinski definition) is 4. The summed E-state index contributed by atoms with van der Waals surface area (Å²) in [5.41, 5.74) is 0.430. The smallest absolute Gasteiger partial charge is 0.331 e. The van der Waals surface area contributed by atoms with Gasteiger partial charge in [-0.25, -0.2) is 9.59 Å². The van der Waals surface area contributed by atoms with E-state index in [1.807, 2.05) is 0 Å². The maximum atomic E-state index is 11.7. The molecular formula is C12H18N4O4. The van der Waals surface area contributed by atoms with Crippen molar-refractivity contribution in [3.8, 4) is 0 Å². The number of urea groups is 1. The molecule has 20 heavy (non-hydrogen) atoms. The van der Waals surface area contributed by atoms with Crippen LogP contribution in [0, 0.1) is 5.92 Å². The van der Waals surface area contributed by atoms with Crippen molar-refractivity contribution in [3.05, 3.63) is 18.0 Å². The van der Waals surface area contributed by atoms with Crippen LogP contribution in [0.4, 0.5) is 4.79 Å². The summed E-state index contributed by atoms with van der Waals surface area (Å²) in [6, 6.07) is -1.61. The van der Waals surface area contributed by atoms with E-state index < -0.39 is 18.0 Å². The van der Waals surface area contributed by atoms with Crippen molar-refractivity contribution in [2.45, 2.75) is 12.5 Å². The number of ether oxygens (including phenoxy) is 1. The number of carboxylic acid groups (broad SMARTS) is 1. The normalized spacial score (nSPS) is 19.6. The molecule has 2 unspecified atom stereocenters. The van der Waals surface area contributed by atoms with Crippen molar-refractivity contribution >= 4 is 12.0 Å². The first-order valence-electron chi connectivity index (χ1n) is 6.39. The summed E-state index contributed by atoms with van der Waals surface area (Å²) in [6.45, 7) is 1.82. The topological polar surface area (TPSA) is 105 Å². The van der Waals surface area contributed by atoms with Gasteiger partial charge < -0.3 is 20.5 Å². The summed E-state index contributed by atoms with van der Waals surface area (Å²) in [7, 11) is 1.68. The molecule has 2 atom stereocenters. The first kappa shape index (κ1) is 14.3. The lowest BCUT2D eigenvalue weighted by Gasteiger charge is -2.15. The standard InChI is InChI=1S/C12H18N4O4/c1-16-6-9(5-14-16)10(11(17)18)15-12(19)13-4-8-2-3-20-7-8/h5-6,8,10H,2-4,7H2,1H3,(H,17,18)(H2,13,15,19). The molecule has 2 amide bonds. The number of amides is 2. The van der Waals surface area contributed by atoms with E-state index in [-0.39, 0.29) is 0 Å². The lowest BCUT2D eigenvalue weighted by atomic mass is 10.1. The van der Waals surface area contributed by atoms with Crippen molar-refractivity contribution < 1.29 is 19.4 Å². The van der Waals surface area contributed by atoms with Gasteiger partial charge in [0.15, 0.2) is 6.04 Å². The van der Waals surface area contributed by atoms with Gasteiger partial charge in [-0.05, 0) is 6.42 Å². The summed E-state index contributed by atoms with van der Waals surface area (Å²) in [6.07, 6.45) is 3.89. The Kier molecular flexibility index (Phi) is 4.57. The minimum Gasteiger partial charge on any atom is -0.479 e. The maximum Gasteiger partial charge on any atom is 0.331 e. The van der Waals surface area contributed by atoms with Gasteiger partial charge in [0.05, 0.1) is 12.8 Å². The van der Waals surface area contributed by atoms with Gasteiger partial charge in [-0.3, -0.25) is 4.68 Å². The summed E-state index contributed by atoms with van der Waals surface area (Å²) in [5.74, 6) is -0.834. The van der Waals surface area contributed by atoms with E-state index in [2.05, 4.69) is 15.7 Å². The molecule has 1 aliphatic heterocycles. The fourth-order valence-electron chi connectivity index (χ4n) is 2.04. The Morgan fingerprint density at radius 1 is 1.65 bits per heavy atom. The third-order valence-corrected chi connectivity index (χ3v) is 3.16. The lowest BCUT2D eigenvalue weighted by molar-refractivity contribution is -0.139. The first-order chi connectivity index (χ1) is 9.56. The molecule has 0 spiro atoms. The summed E-state index contributed by atoms with van der Waals surface area (Å²) >= 11 is 0. The highest BCUT2D eigenvalue weighted by molar-refractivity contribution is 5.83. The fraction of sp³-hybridized carbons (Fsp3) is 0.583. The largest absolute Gasteiger partial charge is 0.479 e. The van der Waals surface area contributed by atoms with Crippen LogP contribution in [0.5, 0.6) is 0 Å². The van der Waals surface area contributed by atoms with Crippen LogP contribution in [0.25, 0.3) is 0 Å². The van der Waals surface area contributed by atoms with E-state index in [0.29, 0.717) is 31.2 Å². The zero-order valence-electron chi connectivity index (χ0n) is 11.2. The predicted molar refractivity (Wildman–Crippen MR) is 69.0 cm³/mol. The highest BCUT2D eigenvalue weighted by Crippen LogP contribution is 2.12. The van der Waals surface area contributed by atoms with E-state index in [9.17, 15) is 9.59 Å². The molecule has 0 aromatic carbocycles. The number of aryl methyl sites for hydroxylation is 1. The SMILES string of the molecule is Cn1cc(C(NC(=O)NCC2CCOC2)C(=O)O)cn1. The van der Waals surface area contributed by atoms with Gasteiger partial charge in [-0.2, -0.15) is 5.10 Å². The molecule has 110 valence electrons. The van der Waals surface area contributed by atoms with E-state index in [1.165, 1.54) is 10.9 Å². The average molecular weight is 282 g/mol. The highest BCUT2D eigenvalue weighted by atomic mass is 16.5. The molecule has 8 heteroatoms. The van der Waals surface area contributed by atoms with Gasteiger partial charge >= 0.3 is 12.0 Å². The summed E-state index contributed by atoms with van der Waals surface area (Å²) in [4.78, 5) is 22.9.